The topological polar surface area (TPSA) is 77.0 Å². The second-order valence-electron chi connectivity index (χ2n) is 6.87. The SMILES string of the molecule is Cn1c(=O)oc2cc(S(=O)(=O)N3CC[NH+](Cc4ccccc4)CC3)ccc21. The van der Waals surface area contributed by atoms with Crippen LogP contribution < -0.4 is 10.7 Å². The molecule has 4 rings (SSSR count). The average molecular weight is 388 g/mol. The summed E-state index contributed by atoms with van der Waals surface area (Å²) < 4.78 is 34.0. The highest BCUT2D eigenvalue weighted by atomic mass is 32.2. The van der Waals surface area contributed by atoms with Crippen molar-refractivity contribution in [2.24, 2.45) is 7.05 Å². The van der Waals surface area contributed by atoms with Gasteiger partial charge in [-0.2, -0.15) is 4.31 Å². The lowest BCUT2D eigenvalue weighted by atomic mass is 10.2. The van der Waals surface area contributed by atoms with Crippen LogP contribution in [0.5, 0.6) is 0 Å². The third-order valence-electron chi connectivity index (χ3n) is 5.13. The first-order chi connectivity index (χ1) is 12.9. The van der Waals surface area contributed by atoms with Gasteiger partial charge in [0.2, 0.25) is 10.0 Å². The Morgan fingerprint density at radius 2 is 1.78 bits per heavy atom. The van der Waals surface area contributed by atoms with E-state index in [1.165, 1.54) is 31.5 Å². The van der Waals surface area contributed by atoms with E-state index in [2.05, 4.69) is 12.1 Å². The first kappa shape index (κ1) is 18.0. The monoisotopic (exact) mass is 388 g/mol. The lowest BCUT2D eigenvalue weighted by Crippen LogP contribution is -3.13. The van der Waals surface area contributed by atoms with E-state index in [1.807, 2.05) is 18.2 Å². The van der Waals surface area contributed by atoms with Crippen molar-refractivity contribution in [3.63, 3.8) is 0 Å². The van der Waals surface area contributed by atoms with Gasteiger partial charge < -0.3 is 9.32 Å². The number of oxazole rings is 1. The van der Waals surface area contributed by atoms with E-state index in [4.69, 9.17) is 4.42 Å². The highest BCUT2D eigenvalue weighted by molar-refractivity contribution is 7.89. The number of hydrogen-bond acceptors (Lipinski definition) is 4. The second kappa shape index (κ2) is 6.95. The molecule has 0 bridgehead atoms. The van der Waals surface area contributed by atoms with Crippen molar-refractivity contribution in [2.75, 3.05) is 26.2 Å². The molecule has 1 saturated heterocycles. The molecular weight excluding hydrogens is 366 g/mol. The Kier molecular flexibility index (Phi) is 4.63. The number of aromatic nitrogens is 1. The number of hydrogen-bond donors (Lipinski definition) is 1. The summed E-state index contributed by atoms with van der Waals surface area (Å²) >= 11 is 0. The maximum atomic E-state index is 13.0. The highest BCUT2D eigenvalue weighted by Gasteiger charge is 2.31. The minimum absolute atomic E-state index is 0.163. The number of nitrogens with zero attached hydrogens (tertiary/aromatic N) is 2. The highest BCUT2D eigenvalue weighted by Crippen LogP contribution is 2.21. The lowest BCUT2D eigenvalue weighted by molar-refractivity contribution is -0.917. The smallest absolute Gasteiger partial charge is 0.408 e. The number of nitrogens with one attached hydrogen (secondary N) is 1. The number of benzene rings is 2. The van der Waals surface area contributed by atoms with Gasteiger partial charge in [-0.05, 0) is 12.1 Å². The van der Waals surface area contributed by atoms with E-state index in [9.17, 15) is 13.2 Å². The van der Waals surface area contributed by atoms with Crippen molar-refractivity contribution in [2.45, 2.75) is 11.4 Å². The molecule has 2 aromatic carbocycles. The Bertz CT molecular complexity index is 1110. The van der Waals surface area contributed by atoms with E-state index in [1.54, 1.807) is 13.1 Å². The fraction of sp³-hybridized carbons (Fsp3) is 0.316. The molecular formula is C19H22N3O4S+. The van der Waals surface area contributed by atoms with Gasteiger partial charge in [0.05, 0.1) is 36.6 Å². The summed E-state index contributed by atoms with van der Waals surface area (Å²) in [5.74, 6) is -0.502. The number of quaternary nitrogens is 1. The van der Waals surface area contributed by atoms with Gasteiger partial charge in [-0.3, -0.25) is 4.57 Å². The van der Waals surface area contributed by atoms with E-state index in [0.29, 0.717) is 18.6 Å². The van der Waals surface area contributed by atoms with Crippen molar-refractivity contribution in [3.8, 4) is 0 Å². The van der Waals surface area contributed by atoms with Gasteiger partial charge in [-0.25, -0.2) is 13.2 Å². The van der Waals surface area contributed by atoms with Crippen LogP contribution in [0.1, 0.15) is 5.56 Å². The Balaban J connectivity index is 1.49. The van der Waals surface area contributed by atoms with Crippen LogP contribution in [-0.2, 0) is 23.6 Å². The van der Waals surface area contributed by atoms with Gasteiger partial charge in [0.15, 0.2) is 5.58 Å². The summed E-state index contributed by atoms with van der Waals surface area (Å²) in [5.41, 5.74) is 2.13. The van der Waals surface area contributed by atoms with Crippen LogP contribution in [0.15, 0.2) is 62.6 Å². The van der Waals surface area contributed by atoms with E-state index in [0.717, 1.165) is 19.6 Å². The van der Waals surface area contributed by atoms with Crippen LogP contribution >= 0.6 is 0 Å². The van der Waals surface area contributed by atoms with Crippen LogP contribution in [0.3, 0.4) is 0 Å². The number of fused-ring (bicyclic) bond motifs is 1. The molecule has 1 aliphatic rings. The maximum Gasteiger partial charge on any atom is 0.419 e. The van der Waals surface area contributed by atoms with E-state index >= 15 is 0 Å². The Morgan fingerprint density at radius 1 is 1.07 bits per heavy atom. The molecule has 0 saturated carbocycles. The largest absolute Gasteiger partial charge is 0.419 e. The summed E-state index contributed by atoms with van der Waals surface area (Å²) in [5, 5.41) is 0. The molecule has 7 nitrogen and oxygen atoms in total. The molecule has 27 heavy (non-hydrogen) atoms. The molecule has 1 aromatic heterocycles. The number of aryl methyl sites for hydroxylation is 1. The third kappa shape index (κ3) is 3.43. The van der Waals surface area contributed by atoms with Gasteiger partial charge in [0.25, 0.3) is 0 Å². The van der Waals surface area contributed by atoms with Gasteiger partial charge in [-0.15, -0.1) is 0 Å². The van der Waals surface area contributed by atoms with Crippen LogP contribution in [0, 0.1) is 0 Å². The van der Waals surface area contributed by atoms with Gasteiger partial charge in [0.1, 0.15) is 6.54 Å². The van der Waals surface area contributed by atoms with Crippen molar-refractivity contribution >= 4 is 21.1 Å². The van der Waals surface area contributed by atoms with Gasteiger partial charge >= 0.3 is 5.76 Å². The van der Waals surface area contributed by atoms with Crippen LogP contribution in [0.4, 0.5) is 0 Å². The van der Waals surface area contributed by atoms with Crippen LogP contribution in [0.25, 0.3) is 11.1 Å². The first-order valence-electron chi connectivity index (χ1n) is 8.92. The predicted molar refractivity (Wildman–Crippen MR) is 101 cm³/mol. The molecule has 0 aliphatic carbocycles. The zero-order valence-corrected chi connectivity index (χ0v) is 15.9. The molecule has 1 N–H and O–H groups in total. The maximum absolute atomic E-state index is 13.0. The standard InChI is InChI=1S/C19H21N3O4S/c1-20-17-8-7-16(13-18(17)26-19(20)23)27(24,25)22-11-9-21(10-12-22)14-15-5-3-2-4-6-15/h2-8,13H,9-12,14H2,1H3/p+1. The van der Waals surface area contributed by atoms with E-state index in [-0.39, 0.29) is 10.5 Å². The Morgan fingerprint density at radius 3 is 2.48 bits per heavy atom. The molecule has 1 aliphatic heterocycles. The fourth-order valence-electron chi connectivity index (χ4n) is 3.53. The Labute approximate surface area is 157 Å². The molecule has 0 spiro atoms. The summed E-state index contributed by atoms with van der Waals surface area (Å²) in [6.07, 6.45) is 0. The minimum Gasteiger partial charge on any atom is -0.408 e. The lowest BCUT2D eigenvalue weighted by Gasteiger charge is -2.31. The molecule has 3 aromatic rings. The molecule has 2 heterocycles. The molecule has 0 unspecified atom stereocenters. The molecule has 0 atom stereocenters. The summed E-state index contributed by atoms with van der Waals surface area (Å²) in [7, 11) is -2.01. The number of rotatable bonds is 4. The molecule has 1 fully saturated rings. The number of piperazine rings is 1. The van der Waals surface area contributed by atoms with Crippen molar-refractivity contribution < 1.29 is 17.7 Å². The molecule has 0 radical (unpaired) electrons. The van der Waals surface area contributed by atoms with Crippen LogP contribution in [-0.4, -0.2) is 43.5 Å². The zero-order chi connectivity index (χ0) is 19.0. The van der Waals surface area contributed by atoms with Crippen LogP contribution in [0.2, 0.25) is 0 Å². The normalized spacial score (nSPS) is 16.8. The summed E-state index contributed by atoms with van der Waals surface area (Å²) in [4.78, 5) is 13.2. The first-order valence-corrected chi connectivity index (χ1v) is 10.4. The van der Waals surface area contributed by atoms with Crippen molar-refractivity contribution in [3.05, 3.63) is 64.6 Å². The van der Waals surface area contributed by atoms with Gasteiger partial charge in [-0.1, -0.05) is 30.3 Å². The zero-order valence-electron chi connectivity index (χ0n) is 15.1. The third-order valence-corrected chi connectivity index (χ3v) is 7.02. The average Bonchev–Trinajstić information content (AvgIpc) is 2.96. The second-order valence-corrected chi connectivity index (χ2v) is 8.81. The molecule has 0 amide bonds. The van der Waals surface area contributed by atoms with E-state index < -0.39 is 15.8 Å². The van der Waals surface area contributed by atoms with Crippen molar-refractivity contribution in [1.29, 1.82) is 0 Å². The quantitative estimate of drug-likeness (QED) is 0.694. The summed E-state index contributed by atoms with van der Waals surface area (Å²) in [6.45, 7) is 3.37. The molecule has 142 valence electrons. The predicted octanol–water partition coefficient (Wildman–Crippen LogP) is 0.221. The molecule has 8 heteroatoms. The Hall–Kier alpha value is -2.42. The summed E-state index contributed by atoms with van der Waals surface area (Å²) in [6, 6.07) is 14.8. The number of sulfonamides is 1. The fourth-order valence-corrected chi connectivity index (χ4v) is 4.99. The van der Waals surface area contributed by atoms with Gasteiger partial charge in [0, 0.05) is 18.7 Å². The minimum atomic E-state index is -3.60. The van der Waals surface area contributed by atoms with Crippen molar-refractivity contribution in [1.82, 2.24) is 8.87 Å².